The Morgan fingerprint density at radius 1 is 1.50 bits per heavy atom. The van der Waals surface area contributed by atoms with Crippen LogP contribution >= 0.6 is 0 Å². The Kier molecular flexibility index (Phi) is 4.60. The fraction of sp³-hybridized carbons (Fsp3) is 0.533. The summed E-state index contributed by atoms with van der Waals surface area (Å²) in [4.78, 5) is 13.3. The Morgan fingerprint density at radius 3 is 2.90 bits per heavy atom. The Hall–Kier alpha value is -1.62. The molecule has 20 heavy (non-hydrogen) atoms. The summed E-state index contributed by atoms with van der Waals surface area (Å²) >= 11 is 0. The molecule has 0 saturated carbocycles. The van der Waals surface area contributed by atoms with Gasteiger partial charge in [-0.2, -0.15) is 0 Å². The standard InChI is InChI=1S/C15H20FNO3/c1-10(12-9-11(16)6-7-14(12)20-2)17-8-4-3-5-13(17)15(18)19/h6-7,9-10,13H,3-5,8H2,1-2H3,(H,18,19). The van der Waals surface area contributed by atoms with E-state index in [0.29, 0.717) is 24.3 Å². The molecule has 2 unspecified atom stereocenters. The molecule has 0 bridgehead atoms. The third-order valence-corrected chi connectivity index (χ3v) is 3.97. The number of piperidine rings is 1. The highest BCUT2D eigenvalue weighted by atomic mass is 19.1. The van der Waals surface area contributed by atoms with Crippen LogP contribution in [0.5, 0.6) is 5.75 Å². The molecule has 0 aliphatic carbocycles. The minimum Gasteiger partial charge on any atom is -0.496 e. The van der Waals surface area contributed by atoms with Crippen molar-refractivity contribution < 1.29 is 19.0 Å². The van der Waals surface area contributed by atoms with Crippen LogP contribution in [0.2, 0.25) is 0 Å². The van der Waals surface area contributed by atoms with Gasteiger partial charge in [0.05, 0.1) is 7.11 Å². The van der Waals surface area contributed by atoms with Crippen LogP contribution in [0, 0.1) is 5.82 Å². The first-order chi connectivity index (χ1) is 9.54. The minimum atomic E-state index is -0.813. The summed E-state index contributed by atoms with van der Waals surface area (Å²) in [6, 6.07) is 3.66. The first-order valence-corrected chi connectivity index (χ1v) is 6.86. The quantitative estimate of drug-likeness (QED) is 0.922. The third-order valence-electron chi connectivity index (χ3n) is 3.97. The average Bonchev–Trinajstić information content (AvgIpc) is 2.46. The largest absolute Gasteiger partial charge is 0.496 e. The summed E-state index contributed by atoms with van der Waals surface area (Å²) in [5.41, 5.74) is 0.695. The van der Waals surface area contributed by atoms with Crippen LogP contribution in [0.1, 0.15) is 37.8 Å². The lowest BCUT2D eigenvalue weighted by atomic mass is 9.96. The van der Waals surface area contributed by atoms with Crippen LogP contribution in [0.25, 0.3) is 0 Å². The maximum Gasteiger partial charge on any atom is 0.320 e. The van der Waals surface area contributed by atoms with Crippen molar-refractivity contribution in [1.82, 2.24) is 4.90 Å². The molecule has 0 amide bonds. The molecule has 1 heterocycles. The van der Waals surface area contributed by atoms with Crippen molar-refractivity contribution in [2.45, 2.75) is 38.3 Å². The van der Waals surface area contributed by atoms with Crippen LogP contribution in [-0.2, 0) is 4.79 Å². The summed E-state index contributed by atoms with van der Waals surface area (Å²) in [6.45, 7) is 2.61. The van der Waals surface area contributed by atoms with Crippen LogP contribution in [0.4, 0.5) is 4.39 Å². The van der Waals surface area contributed by atoms with Gasteiger partial charge in [-0.15, -0.1) is 0 Å². The molecule has 1 aromatic carbocycles. The van der Waals surface area contributed by atoms with E-state index in [0.717, 1.165) is 12.8 Å². The number of ether oxygens (including phenoxy) is 1. The fourth-order valence-electron chi connectivity index (χ4n) is 2.89. The fourth-order valence-corrected chi connectivity index (χ4v) is 2.89. The van der Waals surface area contributed by atoms with E-state index in [1.807, 2.05) is 11.8 Å². The number of methoxy groups -OCH3 is 1. The highest BCUT2D eigenvalue weighted by Gasteiger charge is 2.33. The van der Waals surface area contributed by atoms with E-state index >= 15 is 0 Å². The second-order valence-corrected chi connectivity index (χ2v) is 5.15. The number of hydrogen-bond donors (Lipinski definition) is 1. The lowest BCUT2D eigenvalue weighted by Crippen LogP contribution is -2.45. The smallest absolute Gasteiger partial charge is 0.320 e. The highest BCUT2D eigenvalue weighted by Crippen LogP contribution is 2.33. The SMILES string of the molecule is COc1ccc(F)cc1C(C)N1CCCCC1C(=O)O. The number of nitrogens with zero attached hydrogens (tertiary/aromatic N) is 1. The minimum absolute atomic E-state index is 0.193. The molecule has 1 aromatic rings. The molecule has 0 aromatic heterocycles. The molecule has 5 heteroatoms. The Labute approximate surface area is 118 Å². The molecule has 1 N–H and O–H groups in total. The maximum absolute atomic E-state index is 13.5. The van der Waals surface area contributed by atoms with E-state index in [-0.39, 0.29) is 11.9 Å². The molecule has 1 aliphatic heterocycles. The Bertz CT molecular complexity index is 492. The van der Waals surface area contributed by atoms with Crippen LogP contribution in [-0.4, -0.2) is 35.7 Å². The van der Waals surface area contributed by atoms with Gasteiger partial charge in [-0.3, -0.25) is 9.69 Å². The van der Waals surface area contributed by atoms with E-state index in [1.54, 1.807) is 6.07 Å². The lowest BCUT2D eigenvalue weighted by Gasteiger charge is -2.38. The molecule has 2 rings (SSSR count). The molecule has 1 aliphatic rings. The average molecular weight is 281 g/mol. The van der Waals surface area contributed by atoms with Gasteiger partial charge in [0.2, 0.25) is 0 Å². The van der Waals surface area contributed by atoms with E-state index in [1.165, 1.54) is 19.2 Å². The van der Waals surface area contributed by atoms with Gasteiger partial charge in [0.25, 0.3) is 0 Å². The van der Waals surface area contributed by atoms with Crippen LogP contribution < -0.4 is 4.74 Å². The molecule has 4 nitrogen and oxygen atoms in total. The summed E-state index contributed by atoms with van der Waals surface area (Å²) in [7, 11) is 1.54. The van der Waals surface area contributed by atoms with Crippen molar-refractivity contribution in [2.75, 3.05) is 13.7 Å². The lowest BCUT2D eigenvalue weighted by molar-refractivity contribution is -0.145. The van der Waals surface area contributed by atoms with Crippen molar-refractivity contribution in [3.8, 4) is 5.75 Å². The van der Waals surface area contributed by atoms with Gasteiger partial charge in [-0.05, 0) is 44.5 Å². The van der Waals surface area contributed by atoms with Crippen molar-refractivity contribution in [1.29, 1.82) is 0 Å². The molecule has 0 spiro atoms. The van der Waals surface area contributed by atoms with Gasteiger partial charge in [0.15, 0.2) is 0 Å². The van der Waals surface area contributed by atoms with Crippen molar-refractivity contribution in [3.63, 3.8) is 0 Å². The first kappa shape index (κ1) is 14.8. The summed E-state index contributed by atoms with van der Waals surface area (Å²) in [6.07, 6.45) is 2.52. The third kappa shape index (κ3) is 2.93. The number of hydrogen-bond acceptors (Lipinski definition) is 3. The second kappa shape index (κ2) is 6.22. The number of likely N-dealkylation sites (tertiary alicyclic amines) is 1. The van der Waals surface area contributed by atoms with Gasteiger partial charge in [0.1, 0.15) is 17.6 Å². The Morgan fingerprint density at radius 2 is 2.25 bits per heavy atom. The highest BCUT2D eigenvalue weighted by molar-refractivity contribution is 5.73. The predicted octanol–water partition coefficient (Wildman–Crippen LogP) is 2.83. The van der Waals surface area contributed by atoms with Crippen LogP contribution in [0.3, 0.4) is 0 Å². The molecule has 1 fully saturated rings. The number of rotatable bonds is 4. The molecular formula is C15H20FNO3. The second-order valence-electron chi connectivity index (χ2n) is 5.15. The number of carbonyl (C=O) groups is 1. The van der Waals surface area contributed by atoms with E-state index in [4.69, 9.17) is 4.74 Å². The number of benzene rings is 1. The van der Waals surface area contributed by atoms with Gasteiger partial charge < -0.3 is 9.84 Å². The number of halogens is 1. The zero-order valence-electron chi connectivity index (χ0n) is 11.8. The van der Waals surface area contributed by atoms with Gasteiger partial charge >= 0.3 is 5.97 Å². The zero-order valence-corrected chi connectivity index (χ0v) is 11.8. The van der Waals surface area contributed by atoms with Crippen molar-refractivity contribution >= 4 is 5.97 Å². The van der Waals surface area contributed by atoms with E-state index in [9.17, 15) is 14.3 Å². The van der Waals surface area contributed by atoms with Gasteiger partial charge in [-0.1, -0.05) is 6.42 Å². The molecular weight excluding hydrogens is 261 g/mol. The summed E-state index contributed by atoms with van der Waals surface area (Å²) in [5, 5.41) is 9.34. The van der Waals surface area contributed by atoms with Crippen molar-refractivity contribution in [3.05, 3.63) is 29.6 Å². The summed E-state index contributed by atoms with van der Waals surface area (Å²) < 4.78 is 18.7. The number of aliphatic carboxylic acids is 1. The summed E-state index contributed by atoms with van der Waals surface area (Å²) in [5.74, 6) is -0.558. The van der Waals surface area contributed by atoms with Crippen molar-refractivity contribution in [2.24, 2.45) is 0 Å². The number of carboxylic acids is 1. The first-order valence-electron chi connectivity index (χ1n) is 6.86. The Balaban J connectivity index is 2.31. The molecule has 110 valence electrons. The van der Waals surface area contributed by atoms with Gasteiger partial charge in [0, 0.05) is 11.6 Å². The van der Waals surface area contributed by atoms with E-state index in [2.05, 4.69) is 0 Å². The maximum atomic E-state index is 13.5. The van der Waals surface area contributed by atoms with E-state index < -0.39 is 12.0 Å². The van der Waals surface area contributed by atoms with Crippen LogP contribution in [0.15, 0.2) is 18.2 Å². The molecule has 2 atom stereocenters. The van der Waals surface area contributed by atoms with Gasteiger partial charge in [-0.25, -0.2) is 4.39 Å². The molecule has 1 saturated heterocycles. The molecule has 0 radical (unpaired) electrons. The number of carboxylic acid groups (broad SMARTS) is 1. The predicted molar refractivity (Wildman–Crippen MR) is 73.3 cm³/mol. The monoisotopic (exact) mass is 281 g/mol. The topological polar surface area (TPSA) is 49.8 Å². The zero-order chi connectivity index (χ0) is 14.7. The normalized spacial score (nSPS) is 21.4.